The molecule has 4 aromatic rings. The summed E-state index contributed by atoms with van der Waals surface area (Å²) in [6, 6.07) is 14.4. The van der Waals surface area contributed by atoms with E-state index in [1.807, 2.05) is 18.2 Å². The lowest BCUT2D eigenvalue weighted by Crippen LogP contribution is -2.20. The van der Waals surface area contributed by atoms with Crippen molar-refractivity contribution in [3.05, 3.63) is 64.7 Å². The van der Waals surface area contributed by atoms with Crippen molar-refractivity contribution in [3.8, 4) is 28.7 Å². The molecule has 1 amide bonds. The first kappa shape index (κ1) is 27.4. The fourth-order valence-corrected chi connectivity index (χ4v) is 5.39. The fourth-order valence-electron chi connectivity index (χ4n) is 4.23. The summed E-state index contributed by atoms with van der Waals surface area (Å²) < 4.78 is 28.5. The van der Waals surface area contributed by atoms with Gasteiger partial charge in [0.2, 0.25) is 5.75 Å². The van der Waals surface area contributed by atoms with Crippen LogP contribution in [0, 0.1) is 0 Å². The van der Waals surface area contributed by atoms with Crippen LogP contribution in [0.5, 0.6) is 28.7 Å². The Morgan fingerprint density at radius 2 is 1.73 bits per heavy atom. The van der Waals surface area contributed by atoms with Gasteiger partial charge in [-0.15, -0.1) is 0 Å². The van der Waals surface area contributed by atoms with Gasteiger partial charge in [0.25, 0.3) is 5.91 Å². The molecule has 0 saturated heterocycles. The summed E-state index contributed by atoms with van der Waals surface area (Å²) in [6.45, 7) is -0.241. The van der Waals surface area contributed by atoms with E-state index in [1.165, 1.54) is 18.4 Å². The SMILES string of the molecule is COc1ccc(C2CC(c3cc(OC)c(OC)c(OC)c3)=NO2)cc1OCC(=O)Nc1nc2ccc(Cl)cc2s1. The molecule has 3 aromatic carbocycles. The van der Waals surface area contributed by atoms with E-state index in [9.17, 15) is 4.79 Å². The zero-order valence-corrected chi connectivity index (χ0v) is 23.7. The number of hydrogen-bond acceptors (Lipinski definition) is 10. The summed E-state index contributed by atoms with van der Waals surface area (Å²) in [4.78, 5) is 22.8. The van der Waals surface area contributed by atoms with Crippen LogP contribution in [0.1, 0.15) is 23.7 Å². The van der Waals surface area contributed by atoms with E-state index in [0.717, 1.165) is 27.1 Å². The number of hydrogen-bond donors (Lipinski definition) is 1. The summed E-state index contributed by atoms with van der Waals surface area (Å²) in [5.41, 5.74) is 3.07. The van der Waals surface area contributed by atoms with Crippen LogP contribution in [-0.2, 0) is 9.63 Å². The normalized spacial score (nSPS) is 14.3. The van der Waals surface area contributed by atoms with E-state index in [0.29, 0.717) is 45.3 Å². The summed E-state index contributed by atoms with van der Waals surface area (Å²) in [6.07, 6.45) is 0.123. The fraction of sp³-hybridized carbons (Fsp3) is 0.250. The molecule has 1 unspecified atom stereocenters. The third-order valence-corrected chi connectivity index (χ3v) is 7.35. The van der Waals surface area contributed by atoms with Crippen LogP contribution in [-0.4, -0.2) is 51.6 Å². The summed E-state index contributed by atoms with van der Waals surface area (Å²) in [7, 11) is 6.21. The number of thiazole rings is 1. The molecule has 1 aliphatic rings. The second-order valence-corrected chi connectivity index (χ2v) is 10.1. The number of benzene rings is 3. The number of carbonyl (C=O) groups excluding carboxylic acids is 1. The lowest BCUT2D eigenvalue weighted by atomic mass is 9.99. The van der Waals surface area contributed by atoms with Crippen molar-refractivity contribution in [1.29, 1.82) is 0 Å². The van der Waals surface area contributed by atoms with Gasteiger partial charge in [-0.3, -0.25) is 10.1 Å². The monoisotopic (exact) mass is 583 g/mol. The van der Waals surface area contributed by atoms with Crippen LogP contribution in [0.3, 0.4) is 0 Å². The summed E-state index contributed by atoms with van der Waals surface area (Å²) >= 11 is 7.38. The number of methoxy groups -OCH3 is 4. The maximum absolute atomic E-state index is 12.6. The molecule has 5 rings (SSSR count). The summed E-state index contributed by atoms with van der Waals surface area (Å²) in [5.74, 6) is 2.07. The van der Waals surface area contributed by atoms with E-state index >= 15 is 0 Å². The van der Waals surface area contributed by atoms with Crippen molar-refractivity contribution in [2.45, 2.75) is 12.5 Å². The molecule has 10 nitrogen and oxygen atoms in total. The molecule has 1 N–H and O–H groups in total. The number of nitrogens with one attached hydrogen (secondary N) is 1. The average molecular weight is 584 g/mol. The van der Waals surface area contributed by atoms with Crippen LogP contribution in [0.25, 0.3) is 10.2 Å². The van der Waals surface area contributed by atoms with E-state index in [-0.39, 0.29) is 18.6 Å². The molecule has 0 aliphatic carbocycles. The molecule has 0 bridgehead atoms. The highest BCUT2D eigenvalue weighted by atomic mass is 35.5. The first-order valence-electron chi connectivity index (χ1n) is 12.1. The Morgan fingerprint density at radius 3 is 2.42 bits per heavy atom. The van der Waals surface area contributed by atoms with Crippen molar-refractivity contribution < 1.29 is 33.3 Å². The lowest BCUT2D eigenvalue weighted by Gasteiger charge is -2.15. The Kier molecular flexibility index (Phi) is 8.13. The third-order valence-electron chi connectivity index (χ3n) is 6.18. The minimum Gasteiger partial charge on any atom is -0.493 e. The number of anilines is 1. The highest BCUT2D eigenvalue weighted by Gasteiger charge is 2.27. The number of oxime groups is 1. The molecule has 12 heteroatoms. The topological polar surface area (TPSA) is 110 Å². The second-order valence-electron chi connectivity index (χ2n) is 8.63. The predicted octanol–water partition coefficient (Wildman–Crippen LogP) is 5.87. The zero-order valence-electron chi connectivity index (χ0n) is 22.1. The highest BCUT2D eigenvalue weighted by molar-refractivity contribution is 7.22. The Hall–Kier alpha value is -4.22. The van der Waals surface area contributed by atoms with Gasteiger partial charge in [0.15, 0.2) is 40.8 Å². The lowest BCUT2D eigenvalue weighted by molar-refractivity contribution is -0.118. The van der Waals surface area contributed by atoms with Crippen LogP contribution in [0.15, 0.2) is 53.7 Å². The molecule has 1 atom stereocenters. The predicted molar refractivity (Wildman–Crippen MR) is 153 cm³/mol. The molecule has 1 aliphatic heterocycles. The number of fused-ring (bicyclic) bond motifs is 1. The van der Waals surface area contributed by atoms with Crippen LogP contribution in [0.4, 0.5) is 5.13 Å². The van der Waals surface area contributed by atoms with Crippen molar-refractivity contribution in [2.24, 2.45) is 5.16 Å². The number of halogens is 1. The largest absolute Gasteiger partial charge is 0.493 e. The second kappa shape index (κ2) is 11.9. The number of nitrogens with zero attached hydrogens (tertiary/aromatic N) is 2. The Labute approximate surface area is 239 Å². The number of ether oxygens (including phenoxy) is 5. The minimum atomic E-state index is -0.370. The van der Waals surface area contributed by atoms with Crippen LogP contribution >= 0.6 is 22.9 Å². The van der Waals surface area contributed by atoms with E-state index in [4.69, 9.17) is 40.1 Å². The molecule has 1 aromatic heterocycles. The highest BCUT2D eigenvalue weighted by Crippen LogP contribution is 2.41. The zero-order chi connectivity index (χ0) is 28.2. The Bertz CT molecular complexity index is 1560. The van der Waals surface area contributed by atoms with Gasteiger partial charge < -0.3 is 28.5 Å². The molecule has 0 radical (unpaired) electrons. The molecule has 208 valence electrons. The van der Waals surface area contributed by atoms with E-state index in [2.05, 4.69) is 15.5 Å². The number of aromatic nitrogens is 1. The maximum Gasteiger partial charge on any atom is 0.264 e. The van der Waals surface area contributed by atoms with Gasteiger partial charge in [-0.25, -0.2) is 4.98 Å². The number of carbonyl (C=O) groups is 1. The van der Waals surface area contributed by atoms with Crippen LogP contribution < -0.4 is 29.0 Å². The smallest absolute Gasteiger partial charge is 0.264 e. The third kappa shape index (κ3) is 5.70. The Balaban J connectivity index is 1.26. The molecule has 0 saturated carbocycles. The van der Waals surface area contributed by atoms with E-state index < -0.39 is 0 Å². The van der Waals surface area contributed by atoms with Crippen molar-refractivity contribution in [2.75, 3.05) is 40.4 Å². The standard InChI is InChI=1S/C28H26ClN3O7S/c1-34-20-8-5-15(21-13-19(32-39-21)16-10-23(35-2)27(37-4)24(11-16)36-3)9-22(20)38-14-26(33)31-28-30-18-7-6-17(29)12-25(18)40-28/h5-12,21H,13-14H2,1-4H3,(H,30,31,33). The van der Waals surface area contributed by atoms with Gasteiger partial charge in [0, 0.05) is 17.0 Å². The molecule has 0 spiro atoms. The number of amides is 1. The minimum absolute atomic E-state index is 0.241. The van der Waals surface area contributed by atoms with Gasteiger partial charge in [-0.05, 0) is 48.0 Å². The van der Waals surface area contributed by atoms with Crippen molar-refractivity contribution >= 4 is 49.9 Å². The Morgan fingerprint density at radius 1 is 0.975 bits per heavy atom. The quantitative estimate of drug-likeness (QED) is 0.247. The van der Waals surface area contributed by atoms with Gasteiger partial charge >= 0.3 is 0 Å². The van der Waals surface area contributed by atoms with E-state index in [1.54, 1.807) is 51.7 Å². The molecule has 0 fully saturated rings. The molecule has 40 heavy (non-hydrogen) atoms. The first-order valence-corrected chi connectivity index (χ1v) is 13.3. The van der Waals surface area contributed by atoms with Gasteiger partial charge in [-0.1, -0.05) is 34.2 Å². The van der Waals surface area contributed by atoms with Crippen molar-refractivity contribution in [1.82, 2.24) is 4.98 Å². The summed E-state index contributed by atoms with van der Waals surface area (Å²) in [5, 5.41) is 8.14. The van der Waals surface area contributed by atoms with Gasteiger partial charge in [0.1, 0.15) is 0 Å². The first-order chi connectivity index (χ1) is 19.4. The van der Waals surface area contributed by atoms with Crippen LogP contribution in [0.2, 0.25) is 5.02 Å². The number of rotatable bonds is 10. The van der Waals surface area contributed by atoms with Gasteiger partial charge in [0.05, 0.1) is 44.4 Å². The average Bonchev–Trinajstić information content (AvgIpc) is 3.62. The molecular formula is C28H26ClN3O7S. The maximum atomic E-state index is 12.6. The molecule has 2 heterocycles. The molecular weight excluding hydrogens is 558 g/mol. The van der Waals surface area contributed by atoms with Crippen molar-refractivity contribution in [3.63, 3.8) is 0 Å². The van der Waals surface area contributed by atoms with Gasteiger partial charge in [-0.2, -0.15) is 0 Å².